The Labute approximate surface area is 123 Å². The van der Waals surface area contributed by atoms with Crippen LogP contribution in [0.4, 0.5) is 0 Å². The summed E-state index contributed by atoms with van der Waals surface area (Å²) in [5.74, 6) is 0.458. The summed E-state index contributed by atoms with van der Waals surface area (Å²) >= 11 is 0. The zero-order valence-corrected chi connectivity index (χ0v) is 12.2. The van der Waals surface area contributed by atoms with Crippen molar-refractivity contribution in [1.82, 2.24) is 20.0 Å². The lowest BCUT2D eigenvalue weighted by Gasteiger charge is -2.08. The second-order valence-corrected chi connectivity index (χ2v) is 5.61. The number of hydrogen-bond acceptors (Lipinski definition) is 3. The van der Waals surface area contributed by atoms with Gasteiger partial charge in [0.1, 0.15) is 6.07 Å². The molecule has 21 heavy (non-hydrogen) atoms. The van der Waals surface area contributed by atoms with E-state index in [1.807, 2.05) is 29.1 Å². The molecule has 0 saturated heterocycles. The summed E-state index contributed by atoms with van der Waals surface area (Å²) in [6.07, 6.45) is 2.66. The minimum absolute atomic E-state index is 0.418. The van der Waals surface area contributed by atoms with E-state index in [1.165, 1.54) is 5.39 Å². The molecule has 0 amide bonds. The summed E-state index contributed by atoms with van der Waals surface area (Å²) in [6, 6.07) is 10.3. The summed E-state index contributed by atoms with van der Waals surface area (Å²) in [7, 11) is 0. The fraction of sp³-hybridized carbons (Fsp3) is 0.312. The molecule has 0 aliphatic rings. The maximum atomic E-state index is 9.23. The van der Waals surface area contributed by atoms with Gasteiger partial charge in [-0.3, -0.25) is 0 Å². The van der Waals surface area contributed by atoms with Gasteiger partial charge in [0.25, 0.3) is 0 Å². The van der Waals surface area contributed by atoms with Crippen molar-refractivity contribution in [2.45, 2.75) is 26.8 Å². The second kappa shape index (κ2) is 5.41. The molecule has 0 bridgehead atoms. The second-order valence-electron chi connectivity index (χ2n) is 5.61. The van der Waals surface area contributed by atoms with Gasteiger partial charge in [0.05, 0.1) is 5.69 Å². The van der Waals surface area contributed by atoms with Crippen molar-refractivity contribution < 1.29 is 0 Å². The van der Waals surface area contributed by atoms with Crippen molar-refractivity contribution in [3.05, 3.63) is 47.4 Å². The van der Waals surface area contributed by atoms with Crippen molar-refractivity contribution in [1.29, 1.82) is 5.26 Å². The van der Waals surface area contributed by atoms with Crippen LogP contribution in [0, 0.1) is 17.2 Å². The van der Waals surface area contributed by atoms with Crippen LogP contribution in [-0.2, 0) is 13.0 Å². The normalized spacial score (nSPS) is 11.1. The van der Waals surface area contributed by atoms with Gasteiger partial charge >= 0.3 is 0 Å². The molecular weight excluding hydrogens is 262 g/mol. The molecule has 0 spiro atoms. The number of aromatic nitrogens is 4. The molecule has 2 aromatic heterocycles. The van der Waals surface area contributed by atoms with Crippen LogP contribution in [0.3, 0.4) is 0 Å². The molecule has 0 aliphatic carbocycles. The van der Waals surface area contributed by atoms with Crippen LogP contribution in [-0.4, -0.2) is 20.0 Å². The zero-order valence-electron chi connectivity index (χ0n) is 12.2. The Balaban J connectivity index is 2.01. The van der Waals surface area contributed by atoms with E-state index < -0.39 is 0 Å². The molecule has 0 fully saturated rings. The predicted molar refractivity (Wildman–Crippen MR) is 80.7 cm³/mol. The summed E-state index contributed by atoms with van der Waals surface area (Å²) in [5.41, 5.74) is 3.57. The third kappa shape index (κ3) is 2.52. The average Bonchev–Trinajstić information content (AvgIpc) is 3.04. The largest absolute Gasteiger partial charge is 0.361 e. The van der Waals surface area contributed by atoms with Gasteiger partial charge in [-0.1, -0.05) is 37.3 Å². The molecule has 0 radical (unpaired) electrons. The van der Waals surface area contributed by atoms with Crippen molar-refractivity contribution in [3.63, 3.8) is 0 Å². The Morgan fingerprint density at radius 3 is 2.90 bits per heavy atom. The summed E-state index contributed by atoms with van der Waals surface area (Å²) in [5, 5.41) is 18.5. The lowest BCUT2D eigenvalue weighted by molar-refractivity contribution is 0.461. The first-order valence-electron chi connectivity index (χ1n) is 7.06. The Morgan fingerprint density at radius 2 is 2.14 bits per heavy atom. The average molecular weight is 279 g/mol. The fourth-order valence-electron chi connectivity index (χ4n) is 2.55. The number of benzene rings is 1. The van der Waals surface area contributed by atoms with Crippen LogP contribution in [0.25, 0.3) is 10.9 Å². The van der Waals surface area contributed by atoms with Crippen molar-refractivity contribution in [2.75, 3.05) is 0 Å². The zero-order chi connectivity index (χ0) is 14.8. The maximum Gasteiger partial charge on any atom is 0.186 e. The number of fused-ring (bicyclic) bond motifs is 1. The Morgan fingerprint density at radius 1 is 1.33 bits per heavy atom. The highest BCUT2D eigenvalue weighted by Crippen LogP contribution is 2.22. The number of nitrogens with one attached hydrogen (secondary N) is 1. The highest BCUT2D eigenvalue weighted by molar-refractivity contribution is 5.83. The van der Waals surface area contributed by atoms with Gasteiger partial charge in [-0.25, -0.2) is 4.68 Å². The van der Waals surface area contributed by atoms with Crippen LogP contribution >= 0.6 is 0 Å². The van der Waals surface area contributed by atoms with E-state index in [0.717, 1.165) is 23.3 Å². The maximum absolute atomic E-state index is 9.23. The van der Waals surface area contributed by atoms with Crippen LogP contribution in [0.15, 0.2) is 30.5 Å². The standard InChI is InChI=1S/C16H17N5/c1-11(2)10-21-16(15(8-17)19-20-21)7-12-9-18-14-6-4-3-5-13(12)14/h3-6,9,11,18H,7,10H2,1-2H3. The van der Waals surface area contributed by atoms with E-state index in [1.54, 1.807) is 0 Å². The predicted octanol–water partition coefficient (Wildman–Crippen LogP) is 2.88. The van der Waals surface area contributed by atoms with Crippen molar-refractivity contribution >= 4 is 10.9 Å². The smallest absolute Gasteiger partial charge is 0.186 e. The van der Waals surface area contributed by atoms with Gasteiger partial charge in [-0.15, -0.1) is 5.10 Å². The van der Waals surface area contributed by atoms with Crippen LogP contribution in [0.2, 0.25) is 0 Å². The number of H-pyrrole nitrogens is 1. The van der Waals surface area contributed by atoms with E-state index in [0.29, 0.717) is 18.0 Å². The molecule has 0 saturated carbocycles. The lowest BCUT2D eigenvalue weighted by Crippen LogP contribution is -2.10. The highest BCUT2D eigenvalue weighted by atomic mass is 15.4. The summed E-state index contributed by atoms with van der Waals surface area (Å²) < 4.78 is 1.85. The van der Waals surface area contributed by atoms with Gasteiger partial charge < -0.3 is 4.98 Å². The SMILES string of the molecule is CC(C)Cn1nnc(C#N)c1Cc1c[nH]c2ccccc12. The first kappa shape index (κ1) is 13.4. The highest BCUT2D eigenvalue weighted by Gasteiger charge is 2.15. The molecule has 0 aliphatic heterocycles. The number of rotatable bonds is 4. The van der Waals surface area contributed by atoms with Gasteiger partial charge in [0.15, 0.2) is 5.69 Å². The van der Waals surface area contributed by atoms with E-state index in [4.69, 9.17) is 0 Å². The first-order valence-corrected chi connectivity index (χ1v) is 7.06. The number of aromatic amines is 1. The molecule has 1 N–H and O–H groups in total. The van der Waals surface area contributed by atoms with Gasteiger partial charge in [-0.05, 0) is 17.5 Å². The molecule has 3 aromatic rings. The van der Waals surface area contributed by atoms with E-state index in [9.17, 15) is 5.26 Å². The molecule has 106 valence electrons. The first-order chi connectivity index (χ1) is 10.2. The molecule has 0 unspecified atom stereocenters. The quantitative estimate of drug-likeness (QED) is 0.798. The summed E-state index contributed by atoms with van der Waals surface area (Å²) in [6.45, 7) is 5.03. The van der Waals surface area contributed by atoms with Crippen molar-refractivity contribution in [2.24, 2.45) is 5.92 Å². The fourth-order valence-corrected chi connectivity index (χ4v) is 2.55. The Kier molecular flexibility index (Phi) is 3.44. The molecule has 5 heteroatoms. The third-order valence-electron chi connectivity index (χ3n) is 3.51. The monoisotopic (exact) mass is 279 g/mol. The number of nitriles is 1. The van der Waals surface area contributed by atoms with E-state index in [2.05, 4.69) is 41.3 Å². The van der Waals surface area contributed by atoms with Gasteiger partial charge in [0.2, 0.25) is 0 Å². The minimum Gasteiger partial charge on any atom is -0.361 e. The molecule has 1 aromatic carbocycles. The van der Waals surface area contributed by atoms with Crippen molar-refractivity contribution in [3.8, 4) is 6.07 Å². The summed E-state index contributed by atoms with van der Waals surface area (Å²) in [4.78, 5) is 3.27. The Bertz CT molecular complexity index is 804. The van der Waals surface area contributed by atoms with E-state index >= 15 is 0 Å². The van der Waals surface area contributed by atoms with Crippen LogP contribution < -0.4 is 0 Å². The third-order valence-corrected chi connectivity index (χ3v) is 3.51. The molecule has 0 atom stereocenters. The van der Waals surface area contributed by atoms with Crippen LogP contribution in [0.1, 0.15) is 30.8 Å². The lowest BCUT2D eigenvalue weighted by atomic mass is 10.1. The number of para-hydroxylation sites is 1. The van der Waals surface area contributed by atoms with Crippen LogP contribution in [0.5, 0.6) is 0 Å². The van der Waals surface area contributed by atoms with Gasteiger partial charge in [0, 0.05) is 30.1 Å². The molecule has 3 rings (SSSR count). The Hall–Kier alpha value is -2.61. The molecule has 5 nitrogen and oxygen atoms in total. The minimum atomic E-state index is 0.418. The molecule has 2 heterocycles. The van der Waals surface area contributed by atoms with Gasteiger partial charge in [-0.2, -0.15) is 5.26 Å². The number of nitrogens with zero attached hydrogens (tertiary/aromatic N) is 4. The topological polar surface area (TPSA) is 70.3 Å². The number of hydrogen-bond donors (Lipinski definition) is 1. The molecular formula is C16H17N5. The van der Waals surface area contributed by atoms with E-state index in [-0.39, 0.29) is 0 Å².